The Morgan fingerprint density at radius 1 is 1.24 bits per heavy atom. The molecule has 2 fully saturated rings. The molecule has 0 aromatic carbocycles. The zero-order valence-electron chi connectivity index (χ0n) is 11.9. The number of likely N-dealkylation sites (tertiary alicyclic amines) is 1. The van der Waals surface area contributed by atoms with Gasteiger partial charge in [-0.05, 0) is 43.1 Å². The number of nitrogens with zero attached hydrogens (tertiary/aromatic N) is 1. The van der Waals surface area contributed by atoms with Crippen LogP contribution in [0.4, 0.5) is 0 Å². The Kier molecular flexibility index (Phi) is 3.37. The fourth-order valence-electron chi connectivity index (χ4n) is 4.31. The number of carbonyl (C=O) groups is 1. The summed E-state index contributed by atoms with van der Waals surface area (Å²) in [5.41, 5.74) is 1.05. The lowest BCUT2D eigenvalue weighted by molar-refractivity contribution is -0.123. The maximum absolute atomic E-state index is 12.0. The number of ketones is 1. The summed E-state index contributed by atoms with van der Waals surface area (Å²) in [7, 11) is 0. The molecule has 2 rings (SSSR count). The van der Waals surface area contributed by atoms with Gasteiger partial charge in [-0.3, -0.25) is 9.69 Å². The highest BCUT2D eigenvalue weighted by Crippen LogP contribution is 2.72. The second kappa shape index (κ2) is 4.38. The molecule has 0 unspecified atom stereocenters. The molecule has 0 amide bonds. The van der Waals surface area contributed by atoms with Crippen LogP contribution in [0.2, 0.25) is 0 Å². The summed E-state index contributed by atoms with van der Waals surface area (Å²) >= 11 is 0. The molecule has 1 aliphatic heterocycles. The molecule has 1 heterocycles. The maximum atomic E-state index is 12.0. The van der Waals surface area contributed by atoms with Gasteiger partial charge < -0.3 is 0 Å². The summed E-state index contributed by atoms with van der Waals surface area (Å²) in [6, 6.07) is 0.227. The molecule has 0 radical (unpaired) electrons. The SMILES string of the molecule is CCC(=O)[C@@H]1C[C@]2(CN1CC)CC2(CC)CC. The van der Waals surface area contributed by atoms with Gasteiger partial charge in [0.15, 0.2) is 0 Å². The fourth-order valence-corrected chi connectivity index (χ4v) is 4.31. The van der Waals surface area contributed by atoms with E-state index in [4.69, 9.17) is 0 Å². The predicted molar refractivity (Wildman–Crippen MR) is 71.0 cm³/mol. The topological polar surface area (TPSA) is 20.3 Å². The fraction of sp³-hybridized carbons (Fsp3) is 0.933. The van der Waals surface area contributed by atoms with Crippen molar-refractivity contribution in [2.45, 2.75) is 65.8 Å². The largest absolute Gasteiger partial charge is 0.298 e. The van der Waals surface area contributed by atoms with Crippen molar-refractivity contribution in [3.63, 3.8) is 0 Å². The summed E-state index contributed by atoms with van der Waals surface area (Å²) < 4.78 is 0. The summed E-state index contributed by atoms with van der Waals surface area (Å²) in [6.07, 6.45) is 5.76. The molecule has 0 bridgehead atoms. The number of Topliss-reactive ketones (excluding diaryl/α,β-unsaturated/α-hetero) is 1. The summed E-state index contributed by atoms with van der Waals surface area (Å²) in [6.45, 7) is 11.0. The van der Waals surface area contributed by atoms with Crippen molar-refractivity contribution in [3.8, 4) is 0 Å². The number of hydrogen-bond donors (Lipinski definition) is 0. The molecular formula is C15H27NO. The number of hydrogen-bond acceptors (Lipinski definition) is 2. The average molecular weight is 237 g/mol. The van der Waals surface area contributed by atoms with Gasteiger partial charge in [0.05, 0.1) is 6.04 Å². The van der Waals surface area contributed by atoms with Crippen molar-refractivity contribution in [3.05, 3.63) is 0 Å². The highest BCUT2D eigenvalue weighted by molar-refractivity contribution is 5.84. The molecule has 0 aromatic rings. The molecule has 1 saturated carbocycles. The molecule has 2 aliphatic rings. The highest BCUT2D eigenvalue weighted by atomic mass is 16.1. The lowest BCUT2D eigenvalue weighted by Gasteiger charge is -2.21. The molecule has 0 N–H and O–H groups in total. The highest BCUT2D eigenvalue weighted by Gasteiger charge is 2.68. The van der Waals surface area contributed by atoms with Crippen LogP contribution >= 0.6 is 0 Å². The van der Waals surface area contributed by atoms with Gasteiger partial charge in [0.2, 0.25) is 0 Å². The maximum Gasteiger partial charge on any atom is 0.149 e. The molecule has 1 spiro atoms. The number of carbonyl (C=O) groups excluding carboxylic acids is 1. The molecular weight excluding hydrogens is 210 g/mol. The molecule has 2 heteroatoms. The van der Waals surface area contributed by atoms with Gasteiger partial charge in [0, 0.05) is 13.0 Å². The molecule has 17 heavy (non-hydrogen) atoms. The van der Waals surface area contributed by atoms with Crippen molar-refractivity contribution in [1.29, 1.82) is 0 Å². The minimum absolute atomic E-state index is 0.227. The first kappa shape index (κ1) is 13.1. The molecule has 1 aliphatic carbocycles. The number of likely N-dealkylation sites (N-methyl/N-ethyl adjacent to an activating group) is 1. The monoisotopic (exact) mass is 237 g/mol. The Labute approximate surface area is 106 Å². The minimum Gasteiger partial charge on any atom is -0.298 e. The summed E-state index contributed by atoms with van der Waals surface area (Å²) in [5, 5.41) is 0. The zero-order valence-corrected chi connectivity index (χ0v) is 11.9. The molecule has 0 aromatic heterocycles. The van der Waals surface area contributed by atoms with Gasteiger partial charge in [-0.25, -0.2) is 0 Å². The quantitative estimate of drug-likeness (QED) is 0.731. The van der Waals surface area contributed by atoms with E-state index in [0.29, 0.717) is 23.0 Å². The lowest BCUT2D eigenvalue weighted by Crippen LogP contribution is -2.35. The smallest absolute Gasteiger partial charge is 0.149 e. The number of rotatable bonds is 5. The van der Waals surface area contributed by atoms with Crippen molar-refractivity contribution in [2.24, 2.45) is 10.8 Å². The van der Waals surface area contributed by atoms with E-state index in [-0.39, 0.29) is 6.04 Å². The minimum atomic E-state index is 0.227. The third kappa shape index (κ3) is 1.76. The first-order valence-electron chi connectivity index (χ1n) is 7.35. The van der Waals surface area contributed by atoms with Gasteiger partial charge in [0.25, 0.3) is 0 Å². The Bertz CT molecular complexity index is 308. The van der Waals surface area contributed by atoms with Crippen LogP contribution in [-0.4, -0.2) is 29.8 Å². The van der Waals surface area contributed by atoms with Crippen LogP contribution in [0.3, 0.4) is 0 Å². The van der Waals surface area contributed by atoms with E-state index in [1.807, 2.05) is 6.92 Å². The van der Waals surface area contributed by atoms with Crippen LogP contribution in [-0.2, 0) is 4.79 Å². The van der Waals surface area contributed by atoms with E-state index in [1.165, 1.54) is 25.8 Å². The third-order valence-electron chi connectivity index (χ3n) is 5.69. The van der Waals surface area contributed by atoms with E-state index >= 15 is 0 Å². The molecule has 2 nitrogen and oxygen atoms in total. The van der Waals surface area contributed by atoms with Crippen LogP contribution in [0.5, 0.6) is 0 Å². The Morgan fingerprint density at radius 2 is 1.88 bits per heavy atom. The van der Waals surface area contributed by atoms with E-state index in [2.05, 4.69) is 25.7 Å². The van der Waals surface area contributed by atoms with E-state index < -0.39 is 0 Å². The molecule has 98 valence electrons. The lowest BCUT2D eigenvalue weighted by atomic mass is 9.85. The average Bonchev–Trinajstić information content (AvgIpc) is 2.82. The molecule has 1 saturated heterocycles. The van der Waals surface area contributed by atoms with Crippen LogP contribution in [0.15, 0.2) is 0 Å². The van der Waals surface area contributed by atoms with Crippen molar-refractivity contribution < 1.29 is 4.79 Å². The Morgan fingerprint density at radius 3 is 2.29 bits per heavy atom. The van der Waals surface area contributed by atoms with Gasteiger partial charge in [-0.2, -0.15) is 0 Å². The van der Waals surface area contributed by atoms with Gasteiger partial charge >= 0.3 is 0 Å². The Hall–Kier alpha value is -0.370. The first-order chi connectivity index (χ1) is 8.08. The Balaban J connectivity index is 2.14. The van der Waals surface area contributed by atoms with Crippen molar-refractivity contribution >= 4 is 5.78 Å². The molecule has 2 atom stereocenters. The van der Waals surface area contributed by atoms with Crippen molar-refractivity contribution in [2.75, 3.05) is 13.1 Å². The van der Waals surface area contributed by atoms with Crippen LogP contribution in [0, 0.1) is 10.8 Å². The summed E-state index contributed by atoms with van der Waals surface area (Å²) in [4.78, 5) is 14.5. The van der Waals surface area contributed by atoms with Crippen LogP contribution in [0.1, 0.15) is 59.8 Å². The normalized spacial score (nSPS) is 35.4. The standard InChI is InChI=1S/C15H27NO/c1-5-13(17)12-9-15(11-16(12)8-4)10-14(15,6-2)7-3/h12H,5-11H2,1-4H3/t12-,15+/m0/s1. The van der Waals surface area contributed by atoms with Crippen LogP contribution < -0.4 is 0 Å². The van der Waals surface area contributed by atoms with E-state index in [1.54, 1.807) is 0 Å². The third-order valence-corrected chi connectivity index (χ3v) is 5.69. The second-order valence-electron chi connectivity index (χ2n) is 6.05. The predicted octanol–water partition coefficient (Wildman–Crippen LogP) is 3.26. The van der Waals surface area contributed by atoms with E-state index in [9.17, 15) is 4.79 Å². The van der Waals surface area contributed by atoms with Gasteiger partial charge in [-0.1, -0.05) is 27.7 Å². The van der Waals surface area contributed by atoms with E-state index in [0.717, 1.165) is 13.0 Å². The van der Waals surface area contributed by atoms with Crippen LogP contribution in [0.25, 0.3) is 0 Å². The first-order valence-corrected chi connectivity index (χ1v) is 7.35. The van der Waals surface area contributed by atoms with Gasteiger partial charge in [-0.15, -0.1) is 0 Å². The van der Waals surface area contributed by atoms with Crippen molar-refractivity contribution in [1.82, 2.24) is 4.90 Å². The van der Waals surface area contributed by atoms with Gasteiger partial charge in [0.1, 0.15) is 5.78 Å². The summed E-state index contributed by atoms with van der Waals surface area (Å²) in [5.74, 6) is 0.455. The zero-order chi connectivity index (χ0) is 12.7. The second-order valence-corrected chi connectivity index (χ2v) is 6.05.